The lowest BCUT2D eigenvalue weighted by Gasteiger charge is -2.23. The van der Waals surface area contributed by atoms with Crippen molar-refractivity contribution in [2.45, 2.75) is 46.2 Å². The van der Waals surface area contributed by atoms with Gasteiger partial charge in [0.1, 0.15) is 10.8 Å². The van der Waals surface area contributed by atoms with Gasteiger partial charge in [-0.3, -0.25) is 5.32 Å². The van der Waals surface area contributed by atoms with Crippen LogP contribution in [-0.2, 0) is 11.3 Å². The molecule has 2 amide bonds. The number of urea groups is 1. The van der Waals surface area contributed by atoms with E-state index < -0.39 is 5.97 Å². The minimum absolute atomic E-state index is 0.170. The van der Waals surface area contributed by atoms with E-state index in [4.69, 9.17) is 4.74 Å². The van der Waals surface area contributed by atoms with Gasteiger partial charge in [0, 0.05) is 17.5 Å². The zero-order valence-corrected chi connectivity index (χ0v) is 16.5. The number of rotatable bonds is 6. The van der Waals surface area contributed by atoms with Crippen molar-refractivity contribution in [3.8, 4) is 0 Å². The van der Waals surface area contributed by atoms with E-state index in [9.17, 15) is 14.0 Å². The first-order valence-electron chi connectivity index (χ1n) is 8.99. The Labute approximate surface area is 162 Å². The third kappa shape index (κ3) is 4.47. The van der Waals surface area contributed by atoms with Crippen molar-refractivity contribution in [2.75, 3.05) is 11.9 Å². The Balaban J connectivity index is 1.79. The van der Waals surface area contributed by atoms with E-state index in [0.717, 1.165) is 28.8 Å². The molecule has 0 unspecified atom stereocenters. The van der Waals surface area contributed by atoms with Crippen LogP contribution in [0.15, 0.2) is 24.3 Å². The molecule has 1 N–H and O–H groups in total. The first-order chi connectivity index (χ1) is 12.9. The summed E-state index contributed by atoms with van der Waals surface area (Å²) in [7, 11) is 0. The van der Waals surface area contributed by atoms with Gasteiger partial charge in [-0.05, 0) is 56.9 Å². The van der Waals surface area contributed by atoms with Crippen LogP contribution in [0.4, 0.5) is 14.2 Å². The number of hydrogen-bond donors (Lipinski definition) is 1. The lowest BCUT2D eigenvalue weighted by Crippen LogP contribution is -2.36. The van der Waals surface area contributed by atoms with Crippen molar-refractivity contribution >= 4 is 28.3 Å². The molecule has 0 spiro atoms. The van der Waals surface area contributed by atoms with Gasteiger partial charge in [0.25, 0.3) is 0 Å². The number of amides is 2. The van der Waals surface area contributed by atoms with Crippen molar-refractivity contribution in [3.63, 3.8) is 0 Å². The van der Waals surface area contributed by atoms with Gasteiger partial charge in [-0.15, -0.1) is 11.3 Å². The molecule has 2 aromatic rings. The maximum atomic E-state index is 13.1. The quantitative estimate of drug-likeness (QED) is 0.716. The highest BCUT2D eigenvalue weighted by molar-refractivity contribution is 7.16. The number of thiophene rings is 1. The Morgan fingerprint density at radius 2 is 1.93 bits per heavy atom. The molecule has 1 aliphatic carbocycles. The number of aryl methyl sites for hydroxylation is 1. The Hall–Kier alpha value is -2.41. The smallest absolute Gasteiger partial charge is 0.341 e. The summed E-state index contributed by atoms with van der Waals surface area (Å²) in [5, 5.41) is 3.41. The molecule has 0 saturated heterocycles. The number of esters is 1. The van der Waals surface area contributed by atoms with Crippen LogP contribution < -0.4 is 5.32 Å². The van der Waals surface area contributed by atoms with Gasteiger partial charge in [-0.25, -0.2) is 14.0 Å². The molecule has 7 heteroatoms. The number of benzene rings is 1. The standard InChI is InChI=1S/C20H23FN2O3S/c1-4-26-19(24)17-12(2)13(3)27-18(17)22-20(25)23(16-9-10-16)11-14-5-7-15(21)8-6-14/h5-8,16H,4,9-11H2,1-3H3,(H,22,25). The number of nitrogens with one attached hydrogen (secondary N) is 1. The first kappa shape index (κ1) is 19.4. The summed E-state index contributed by atoms with van der Waals surface area (Å²) < 4.78 is 18.3. The van der Waals surface area contributed by atoms with Crippen LogP contribution in [0.3, 0.4) is 0 Å². The van der Waals surface area contributed by atoms with E-state index in [1.807, 2.05) is 13.8 Å². The summed E-state index contributed by atoms with van der Waals surface area (Å²) in [4.78, 5) is 27.9. The fourth-order valence-corrected chi connectivity index (χ4v) is 3.91. The van der Waals surface area contributed by atoms with Crippen molar-refractivity contribution in [1.29, 1.82) is 0 Å². The van der Waals surface area contributed by atoms with Crippen LogP contribution in [-0.4, -0.2) is 29.5 Å². The van der Waals surface area contributed by atoms with E-state index in [1.54, 1.807) is 24.0 Å². The normalized spacial score (nSPS) is 13.3. The van der Waals surface area contributed by atoms with Crippen LogP contribution in [0, 0.1) is 19.7 Å². The highest BCUT2D eigenvalue weighted by atomic mass is 32.1. The number of carbonyl (C=O) groups excluding carboxylic acids is 2. The lowest BCUT2D eigenvalue weighted by atomic mass is 10.1. The third-order valence-electron chi connectivity index (χ3n) is 4.60. The lowest BCUT2D eigenvalue weighted by molar-refractivity contribution is 0.0527. The molecule has 1 fully saturated rings. The Morgan fingerprint density at radius 3 is 2.52 bits per heavy atom. The molecule has 1 saturated carbocycles. The van der Waals surface area contributed by atoms with Crippen LogP contribution in [0.2, 0.25) is 0 Å². The summed E-state index contributed by atoms with van der Waals surface area (Å²) in [6, 6.07) is 6.06. The van der Waals surface area contributed by atoms with E-state index in [-0.39, 0.29) is 24.5 Å². The average Bonchev–Trinajstić information content (AvgIpc) is 3.42. The van der Waals surface area contributed by atoms with Crippen molar-refractivity contribution in [1.82, 2.24) is 4.90 Å². The maximum absolute atomic E-state index is 13.1. The van der Waals surface area contributed by atoms with Gasteiger partial charge < -0.3 is 9.64 Å². The SMILES string of the molecule is CCOC(=O)c1c(NC(=O)N(Cc2ccc(F)cc2)C2CC2)sc(C)c1C. The second kappa shape index (κ2) is 8.08. The molecule has 3 rings (SSSR count). The van der Waals surface area contributed by atoms with Crippen LogP contribution in [0.25, 0.3) is 0 Å². The van der Waals surface area contributed by atoms with Gasteiger partial charge in [0.15, 0.2) is 0 Å². The molecule has 1 heterocycles. The minimum Gasteiger partial charge on any atom is -0.462 e. The number of anilines is 1. The molecule has 144 valence electrons. The van der Waals surface area contributed by atoms with E-state index in [0.29, 0.717) is 17.1 Å². The Kier molecular flexibility index (Phi) is 5.79. The van der Waals surface area contributed by atoms with Crippen LogP contribution >= 0.6 is 11.3 Å². The van der Waals surface area contributed by atoms with Gasteiger partial charge in [-0.2, -0.15) is 0 Å². The summed E-state index contributed by atoms with van der Waals surface area (Å²) in [6.45, 7) is 6.19. The molecule has 1 aliphatic rings. The highest BCUT2D eigenvalue weighted by Gasteiger charge is 2.33. The third-order valence-corrected chi connectivity index (χ3v) is 5.72. The molecule has 0 radical (unpaired) electrons. The van der Waals surface area contributed by atoms with Crippen LogP contribution in [0.5, 0.6) is 0 Å². The van der Waals surface area contributed by atoms with Crippen molar-refractivity contribution in [3.05, 3.63) is 51.7 Å². The van der Waals surface area contributed by atoms with Gasteiger partial charge in [0.05, 0.1) is 12.2 Å². The van der Waals surface area contributed by atoms with Crippen LogP contribution in [0.1, 0.15) is 46.1 Å². The van der Waals surface area contributed by atoms with E-state index in [1.165, 1.54) is 23.5 Å². The summed E-state index contributed by atoms with van der Waals surface area (Å²) >= 11 is 1.37. The molecule has 5 nitrogen and oxygen atoms in total. The maximum Gasteiger partial charge on any atom is 0.341 e. The largest absolute Gasteiger partial charge is 0.462 e. The predicted octanol–water partition coefficient (Wildman–Crippen LogP) is 4.88. The molecule has 0 aliphatic heterocycles. The van der Waals surface area contributed by atoms with Gasteiger partial charge in [-0.1, -0.05) is 12.1 Å². The van der Waals surface area contributed by atoms with Gasteiger partial charge in [0.2, 0.25) is 0 Å². The number of carbonyl (C=O) groups is 2. The average molecular weight is 390 g/mol. The fraction of sp³-hybridized carbons (Fsp3) is 0.400. The van der Waals surface area contributed by atoms with Crippen molar-refractivity contribution < 1.29 is 18.7 Å². The number of nitrogens with zero attached hydrogens (tertiary/aromatic N) is 1. The first-order valence-corrected chi connectivity index (χ1v) is 9.81. The number of ether oxygens (including phenoxy) is 1. The molecule has 0 bridgehead atoms. The monoisotopic (exact) mass is 390 g/mol. The predicted molar refractivity (Wildman–Crippen MR) is 104 cm³/mol. The molecule has 27 heavy (non-hydrogen) atoms. The van der Waals surface area contributed by atoms with E-state index in [2.05, 4.69) is 5.32 Å². The minimum atomic E-state index is -0.425. The Bertz CT molecular complexity index is 844. The topological polar surface area (TPSA) is 58.6 Å². The second-order valence-corrected chi connectivity index (χ2v) is 7.85. The fourth-order valence-electron chi connectivity index (χ4n) is 2.87. The number of halogens is 1. The van der Waals surface area contributed by atoms with Gasteiger partial charge >= 0.3 is 12.0 Å². The molecular weight excluding hydrogens is 367 g/mol. The summed E-state index contributed by atoms with van der Waals surface area (Å²) in [5.41, 5.74) is 2.11. The molecular formula is C20H23FN2O3S. The number of hydrogen-bond acceptors (Lipinski definition) is 4. The zero-order chi connectivity index (χ0) is 19.6. The van der Waals surface area contributed by atoms with Crippen molar-refractivity contribution in [2.24, 2.45) is 0 Å². The second-order valence-electron chi connectivity index (χ2n) is 6.62. The summed E-state index contributed by atoms with van der Waals surface area (Å²) in [6.07, 6.45) is 1.89. The Morgan fingerprint density at radius 1 is 1.26 bits per heavy atom. The molecule has 1 aromatic heterocycles. The zero-order valence-electron chi connectivity index (χ0n) is 15.7. The molecule has 1 aromatic carbocycles. The highest BCUT2D eigenvalue weighted by Crippen LogP contribution is 2.35. The molecule has 0 atom stereocenters. The van der Waals surface area contributed by atoms with E-state index >= 15 is 0 Å². The summed E-state index contributed by atoms with van der Waals surface area (Å²) in [5.74, 6) is -0.726.